The average Bonchev–Trinajstić information content (AvgIpc) is 2.68. The first kappa shape index (κ1) is 17.7. The Kier molecular flexibility index (Phi) is 4.42. The van der Waals surface area contributed by atoms with Crippen molar-refractivity contribution in [2.45, 2.75) is 63.4 Å². The standard InChI is InChI=1S/C15H22O8/c1-9(16)21-8-10-4-6-15(7-5-10)22-13(2,11(17)18)14(3,23-15)12(19)20/h10H,4-8H2,1-3H3,(H,17,18)(H,19,20)/t13-,14-/m0/s1. The molecule has 2 fully saturated rings. The van der Waals surface area contributed by atoms with Crippen LogP contribution in [0.25, 0.3) is 0 Å². The Bertz CT molecular complexity index is 492. The van der Waals surface area contributed by atoms with Gasteiger partial charge in [-0.1, -0.05) is 0 Å². The maximum atomic E-state index is 11.6. The van der Waals surface area contributed by atoms with Crippen molar-refractivity contribution in [2.75, 3.05) is 6.61 Å². The van der Waals surface area contributed by atoms with Crippen LogP contribution >= 0.6 is 0 Å². The van der Waals surface area contributed by atoms with Gasteiger partial charge in [0.05, 0.1) is 6.61 Å². The van der Waals surface area contributed by atoms with Crippen molar-refractivity contribution < 1.29 is 38.8 Å². The molecule has 1 saturated heterocycles. The van der Waals surface area contributed by atoms with E-state index in [0.717, 1.165) is 0 Å². The molecule has 0 aromatic carbocycles. The molecule has 8 nitrogen and oxygen atoms in total. The van der Waals surface area contributed by atoms with Gasteiger partial charge in [0.1, 0.15) is 0 Å². The van der Waals surface area contributed by atoms with Crippen molar-refractivity contribution in [2.24, 2.45) is 5.92 Å². The van der Waals surface area contributed by atoms with Gasteiger partial charge in [0.15, 0.2) is 5.79 Å². The highest BCUT2D eigenvalue weighted by atomic mass is 16.8. The molecule has 23 heavy (non-hydrogen) atoms. The number of esters is 1. The van der Waals surface area contributed by atoms with Crippen molar-refractivity contribution in [1.82, 2.24) is 0 Å². The summed E-state index contributed by atoms with van der Waals surface area (Å²) in [5, 5.41) is 18.9. The predicted molar refractivity (Wildman–Crippen MR) is 75.6 cm³/mol. The second kappa shape index (κ2) is 5.76. The number of hydrogen-bond acceptors (Lipinski definition) is 6. The highest BCUT2D eigenvalue weighted by Crippen LogP contribution is 2.51. The largest absolute Gasteiger partial charge is 0.479 e. The molecule has 2 N–H and O–H groups in total. The van der Waals surface area contributed by atoms with Crippen LogP contribution in [0.5, 0.6) is 0 Å². The van der Waals surface area contributed by atoms with E-state index >= 15 is 0 Å². The molecule has 2 atom stereocenters. The number of ether oxygens (including phenoxy) is 3. The Morgan fingerprint density at radius 1 is 1.04 bits per heavy atom. The first-order valence-electron chi connectivity index (χ1n) is 7.55. The second-order valence-electron chi connectivity index (χ2n) is 6.54. The number of carbonyl (C=O) groups is 3. The summed E-state index contributed by atoms with van der Waals surface area (Å²) >= 11 is 0. The summed E-state index contributed by atoms with van der Waals surface area (Å²) < 4.78 is 16.3. The van der Waals surface area contributed by atoms with Gasteiger partial charge in [-0.15, -0.1) is 0 Å². The lowest BCUT2D eigenvalue weighted by atomic mass is 9.85. The second-order valence-corrected chi connectivity index (χ2v) is 6.54. The van der Waals surface area contributed by atoms with Crippen molar-refractivity contribution >= 4 is 17.9 Å². The van der Waals surface area contributed by atoms with Gasteiger partial charge in [-0.05, 0) is 32.6 Å². The van der Waals surface area contributed by atoms with Gasteiger partial charge in [-0.25, -0.2) is 9.59 Å². The molecular formula is C15H22O8. The lowest BCUT2D eigenvalue weighted by Gasteiger charge is -2.36. The molecule has 1 aliphatic heterocycles. The molecule has 1 spiro atoms. The number of carboxylic acids is 2. The van der Waals surface area contributed by atoms with Gasteiger partial charge in [-0.2, -0.15) is 0 Å². The summed E-state index contributed by atoms with van der Waals surface area (Å²) in [6.07, 6.45) is 1.90. The summed E-state index contributed by atoms with van der Waals surface area (Å²) in [7, 11) is 0. The van der Waals surface area contributed by atoms with Crippen LogP contribution in [-0.2, 0) is 28.6 Å². The monoisotopic (exact) mass is 330 g/mol. The van der Waals surface area contributed by atoms with Crippen molar-refractivity contribution in [1.29, 1.82) is 0 Å². The number of carbonyl (C=O) groups excluding carboxylic acids is 1. The molecule has 1 saturated carbocycles. The fourth-order valence-electron chi connectivity index (χ4n) is 3.18. The minimum absolute atomic E-state index is 0.129. The molecule has 0 unspecified atom stereocenters. The normalized spacial score (nSPS) is 33.5. The van der Waals surface area contributed by atoms with Crippen LogP contribution in [-0.4, -0.2) is 51.7 Å². The molecule has 0 amide bonds. The molecule has 0 bridgehead atoms. The van der Waals surface area contributed by atoms with E-state index in [1.54, 1.807) is 0 Å². The van der Waals surface area contributed by atoms with Crippen molar-refractivity contribution in [3.8, 4) is 0 Å². The third-order valence-corrected chi connectivity index (χ3v) is 4.90. The fourth-order valence-corrected chi connectivity index (χ4v) is 3.18. The van der Waals surface area contributed by atoms with Gasteiger partial charge >= 0.3 is 17.9 Å². The quantitative estimate of drug-likeness (QED) is 0.737. The van der Waals surface area contributed by atoms with E-state index in [-0.39, 0.29) is 18.5 Å². The maximum absolute atomic E-state index is 11.6. The van der Waals surface area contributed by atoms with Crippen LogP contribution in [0, 0.1) is 5.92 Å². The summed E-state index contributed by atoms with van der Waals surface area (Å²) in [4.78, 5) is 34.0. The third kappa shape index (κ3) is 2.92. The van der Waals surface area contributed by atoms with Gasteiger partial charge in [0.2, 0.25) is 11.2 Å². The molecule has 8 heteroatoms. The van der Waals surface area contributed by atoms with E-state index in [9.17, 15) is 24.6 Å². The van der Waals surface area contributed by atoms with Crippen molar-refractivity contribution in [3.63, 3.8) is 0 Å². The molecular weight excluding hydrogens is 308 g/mol. The van der Waals surface area contributed by atoms with Gasteiger partial charge in [0.25, 0.3) is 0 Å². The Morgan fingerprint density at radius 3 is 1.83 bits per heavy atom. The number of rotatable bonds is 4. The van der Waals surface area contributed by atoms with Crippen LogP contribution in [0.15, 0.2) is 0 Å². The SMILES string of the molecule is CC(=O)OCC1CCC2(CC1)O[C@@](C)(C(=O)O)[C@](C)(C(=O)O)O2. The number of carboxylic acid groups (broad SMARTS) is 2. The van der Waals surface area contributed by atoms with E-state index in [0.29, 0.717) is 25.7 Å². The Labute approximate surface area is 133 Å². The van der Waals surface area contributed by atoms with Crippen LogP contribution in [0.3, 0.4) is 0 Å². The highest BCUT2D eigenvalue weighted by Gasteiger charge is 2.69. The minimum atomic E-state index is -1.97. The van der Waals surface area contributed by atoms with Crippen LogP contribution in [0.4, 0.5) is 0 Å². The van der Waals surface area contributed by atoms with E-state index in [4.69, 9.17) is 14.2 Å². The summed E-state index contributed by atoms with van der Waals surface area (Å²) in [5.74, 6) is -4.20. The number of hydrogen-bond donors (Lipinski definition) is 2. The minimum Gasteiger partial charge on any atom is -0.479 e. The first-order valence-corrected chi connectivity index (χ1v) is 7.55. The molecule has 2 rings (SSSR count). The average molecular weight is 330 g/mol. The smallest absolute Gasteiger partial charge is 0.339 e. The molecule has 0 aromatic rings. The lowest BCUT2D eigenvalue weighted by Crippen LogP contribution is -2.57. The molecule has 130 valence electrons. The van der Waals surface area contributed by atoms with Gasteiger partial charge in [-0.3, -0.25) is 4.79 Å². The molecule has 2 aliphatic rings. The predicted octanol–water partition coefficient (Wildman–Crippen LogP) is 1.17. The zero-order chi connectivity index (χ0) is 17.5. The number of aliphatic carboxylic acids is 2. The summed E-state index contributed by atoms with van der Waals surface area (Å²) in [6, 6.07) is 0. The van der Waals surface area contributed by atoms with E-state index < -0.39 is 28.9 Å². The summed E-state index contributed by atoms with van der Waals surface area (Å²) in [5.41, 5.74) is -3.94. The van der Waals surface area contributed by atoms with Crippen LogP contribution in [0.2, 0.25) is 0 Å². The van der Waals surface area contributed by atoms with Crippen LogP contribution < -0.4 is 0 Å². The topological polar surface area (TPSA) is 119 Å². The zero-order valence-corrected chi connectivity index (χ0v) is 13.5. The van der Waals surface area contributed by atoms with Crippen molar-refractivity contribution in [3.05, 3.63) is 0 Å². The first-order chi connectivity index (χ1) is 10.5. The fraction of sp³-hybridized carbons (Fsp3) is 0.800. The summed E-state index contributed by atoms with van der Waals surface area (Å²) in [6.45, 7) is 4.08. The highest BCUT2D eigenvalue weighted by molar-refractivity contribution is 5.91. The lowest BCUT2D eigenvalue weighted by molar-refractivity contribution is -0.222. The van der Waals surface area contributed by atoms with E-state index in [1.165, 1.54) is 20.8 Å². The van der Waals surface area contributed by atoms with Gasteiger partial charge < -0.3 is 24.4 Å². The Balaban J connectivity index is 2.13. The molecule has 1 heterocycles. The Morgan fingerprint density at radius 2 is 1.48 bits per heavy atom. The Hall–Kier alpha value is -1.67. The van der Waals surface area contributed by atoms with Gasteiger partial charge in [0, 0.05) is 19.8 Å². The molecule has 1 aliphatic carbocycles. The third-order valence-electron chi connectivity index (χ3n) is 4.90. The maximum Gasteiger partial charge on any atom is 0.339 e. The van der Waals surface area contributed by atoms with E-state index in [1.807, 2.05) is 0 Å². The molecule has 0 aromatic heterocycles. The van der Waals surface area contributed by atoms with E-state index in [2.05, 4.69) is 0 Å². The zero-order valence-electron chi connectivity index (χ0n) is 13.5. The molecule has 0 radical (unpaired) electrons. The van der Waals surface area contributed by atoms with Crippen LogP contribution in [0.1, 0.15) is 46.5 Å².